The van der Waals surface area contributed by atoms with Gasteiger partial charge in [-0.1, -0.05) is 11.2 Å². The lowest BCUT2D eigenvalue weighted by Gasteiger charge is -2.49. The summed E-state index contributed by atoms with van der Waals surface area (Å²) in [6, 6.07) is 2.45. The Bertz CT molecular complexity index is 1430. The predicted molar refractivity (Wildman–Crippen MR) is 139 cm³/mol. The van der Waals surface area contributed by atoms with Gasteiger partial charge >= 0.3 is 11.9 Å². The number of carbonyl (C=O) groups excluding carboxylic acids is 3. The molecule has 1 aromatic carbocycles. The molecule has 2 aliphatic heterocycles. The Morgan fingerprint density at radius 2 is 2.08 bits per heavy atom. The minimum atomic E-state index is -1.34. The summed E-state index contributed by atoms with van der Waals surface area (Å²) >= 11 is 2.33. The van der Waals surface area contributed by atoms with Gasteiger partial charge in [0.25, 0.3) is 11.8 Å². The molecule has 0 saturated carbocycles. The van der Waals surface area contributed by atoms with Crippen LogP contribution in [0.15, 0.2) is 52.2 Å². The number of nitrogen functional groups attached to an aromatic ring is 1. The predicted octanol–water partition coefficient (Wildman–Crippen LogP) is 0.639. The molecule has 0 aliphatic carbocycles. The third kappa shape index (κ3) is 5.65. The lowest BCUT2D eigenvalue weighted by Crippen LogP contribution is -2.71. The molecule has 3 heterocycles. The van der Waals surface area contributed by atoms with Crippen molar-refractivity contribution in [3.8, 4) is 11.5 Å². The van der Waals surface area contributed by atoms with E-state index in [-0.39, 0.29) is 45.9 Å². The van der Waals surface area contributed by atoms with Crippen LogP contribution in [0.4, 0.5) is 5.13 Å². The number of thioether (sulfide) groups is 1. The number of esters is 1. The molecule has 0 radical (unpaired) electrons. The number of thiazole rings is 1. The number of amides is 2. The number of nitrogens with zero attached hydrogens (tertiary/aromatic N) is 3. The molecular weight excluding hydrogens is 554 g/mol. The number of aromatic hydroxyl groups is 2. The number of carboxylic acid groups (broad SMARTS) is 1. The van der Waals surface area contributed by atoms with Crippen LogP contribution in [0.5, 0.6) is 11.5 Å². The highest BCUT2D eigenvalue weighted by molar-refractivity contribution is 8.00. The Balaban J connectivity index is 1.42. The van der Waals surface area contributed by atoms with Crippen LogP contribution in [0, 0.1) is 0 Å². The summed E-state index contributed by atoms with van der Waals surface area (Å²) in [4.78, 5) is 59.7. The molecule has 2 aliphatic rings. The van der Waals surface area contributed by atoms with E-state index in [2.05, 4.69) is 15.5 Å². The average Bonchev–Trinajstić information content (AvgIpc) is 3.34. The SMILES string of the molecule is CO/N=C(\C(=O)N[C@@H]1C(=O)N2C(C(=O)O)=C(/C=C/COC(=O)c3ccc(O)c(O)c3)CS[C@H]12)c1csc(N)n1. The van der Waals surface area contributed by atoms with Crippen LogP contribution < -0.4 is 11.1 Å². The molecule has 39 heavy (non-hydrogen) atoms. The third-order valence-corrected chi connectivity index (χ3v) is 7.47. The molecule has 0 spiro atoms. The maximum absolute atomic E-state index is 12.9. The second kappa shape index (κ2) is 11.4. The van der Waals surface area contributed by atoms with Crippen LogP contribution in [0.3, 0.4) is 0 Å². The number of aliphatic carboxylic acids is 1. The fourth-order valence-corrected chi connectivity index (χ4v) is 5.59. The van der Waals surface area contributed by atoms with Gasteiger partial charge in [-0.05, 0) is 29.8 Å². The van der Waals surface area contributed by atoms with Crippen LogP contribution in [-0.4, -0.2) is 85.6 Å². The molecule has 204 valence electrons. The van der Waals surface area contributed by atoms with E-state index in [1.165, 1.54) is 42.5 Å². The molecule has 16 heteroatoms. The first kappa shape index (κ1) is 27.5. The Morgan fingerprint density at radius 1 is 1.31 bits per heavy atom. The van der Waals surface area contributed by atoms with Crippen molar-refractivity contribution in [2.24, 2.45) is 5.16 Å². The van der Waals surface area contributed by atoms with Gasteiger partial charge in [-0.2, -0.15) is 0 Å². The van der Waals surface area contributed by atoms with Gasteiger partial charge in [-0.25, -0.2) is 14.6 Å². The summed E-state index contributed by atoms with van der Waals surface area (Å²) < 4.78 is 5.08. The van der Waals surface area contributed by atoms with Gasteiger partial charge < -0.3 is 35.9 Å². The van der Waals surface area contributed by atoms with Crippen LogP contribution in [0.25, 0.3) is 0 Å². The summed E-state index contributed by atoms with van der Waals surface area (Å²) in [6.45, 7) is -0.222. The molecule has 2 aromatic rings. The zero-order valence-electron chi connectivity index (χ0n) is 20.1. The number of anilines is 1. The number of nitrogens with one attached hydrogen (secondary N) is 1. The number of allylic oxidation sites excluding steroid dienone is 1. The van der Waals surface area contributed by atoms with Crippen molar-refractivity contribution in [2.75, 3.05) is 25.2 Å². The number of carbonyl (C=O) groups is 4. The van der Waals surface area contributed by atoms with E-state index in [1.807, 2.05) is 0 Å². The first-order valence-electron chi connectivity index (χ1n) is 11.0. The summed E-state index contributed by atoms with van der Waals surface area (Å²) in [6.07, 6.45) is 2.84. The van der Waals surface area contributed by atoms with Gasteiger partial charge in [0, 0.05) is 11.1 Å². The van der Waals surface area contributed by atoms with Crippen molar-refractivity contribution >= 4 is 57.7 Å². The molecule has 4 rings (SSSR count). The van der Waals surface area contributed by atoms with Gasteiger partial charge in [-0.3, -0.25) is 14.5 Å². The Hall–Kier alpha value is -4.57. The monoisotopic (exact) mass is 575 g/mol. The van der Waals surface area contributed by atoms with Crippen molar-refractivity contribution < 1.29 is 44.1 Å². The maximum atomic E-state index is 12.9. The largest absolute Gasteiger partial charge is 0.504 e. The molecule has 1 fully saturated rings. The van der Waals surface area contributed by atoms with Crippen LogP contribution in [0.1, 0.15) is 16.1 Å². The number of benzene rings is 1. The summed E-state index contributed by atoms with van der Waals surface area (Å²) in [5.41, 5.74) is 5.66. The number of fused-ring (bicyclic) bond motifs is 1. The molecule has 0 bridgehead atoms. The van der Waals surface area contributed by atoms with Gasteiger partial charge in [0.1, 0.15) is 36.5 Å². The highest BCUT2D eigenvalue weighted by Crippen LogP contribution is 2.40. The molecule has 2 amide bonds. The van der Waals surface area contributed by atoms with Gasteiger partial charge in [0.2, 0.25) is 0 Å². The first-order chi connectivity index (χ1) is 18.6. The van der Waals surface area contributed by atoms with E-state index < -0.39 is 40.9 Å². The van der Waals surface area contributed by atoms with E-state index in [0.29, 0.717) is 5.57 Å². The van der Waals surface area contributed by atoms with Crippen LogP contribution in [0.2, 0.25) is 0 Å². The number of aromatic nitrogens is 1. The summed E-state index contributed by atoms with van der Waals surface area (Å²) in [7, 11) is 1.24. The first-order valence-corrected chi connectivity index (χ1v) is 12.9. The summed E-state index contributed by atoms with van der Waals surface area (Å²) in [5.74, 6) is -4.15. The van der Waals surface area contributed by atoms with Gasteiger partial charge in [0.05, 0.1) is 5.56 Å². The molecular formula is C23H21N5O9S2. The van der Waals surface area contributed by atoms with E-state index in [1.54, 1.807) is 0 Å². The number of carboxylic acids is 1. The number of phenols is 2. The fourth-order valence-electron chi connectivity index (χ4n) is 3.72. The normalized spacial score (nSPS) is 18.9. The lowest BCUT2D eigenvalue weighted by molar-refractivity contribution is -0.150. The van der Waals surface area contributed by atoms with Crippen molar-refractivity contribution in [3.63, 3.8) is 0 Å². The zero-order valence-corrected chi connectivity index (χ0v) is 21.7. The van der Waals surface area contributed by atoms with Gasteiger partial charge in [-0.15, -0.1) is 23.1 Å². The number of hydrogen-bond donors (Lipinski definition) is 5. The van der Waals surface area contributed by atoms with Gasteiger partial charge in [0.15, 0.2) is 22.3 Å². The zero-order chi connectivity index (χ0) is 28.3. The van der Waals surface area contributed by atoms with Crippen molar-refractivity contribution in [1.29, 1.82) is 0 Å². The lowest BCUT2D eigenvalue weighted by atomic mass is 10.0. The summed E-state index contributed by atoms with van der Waals surface area (Å²) in [5, 5.41) is 35.9. The average molecular weight is 576 g/mol. The van der Waals surface area contributed by atoms with E-state index in [0.717, 1.165) is 28.4 Å². The fraction of sp³-hybridized carbons (Fsp3) is 0.217. The molecule has 0 unspecified atom stereocenters. The molecule has 1 aromatic heterocycles. The van der Waals surface area contributed by atoms with Crippen molar-refractivity contribution in [3.05, 3.63) is 58.3 Å². The molecule has 1 saturated heterocycles. The quantitative estimate of drug-likeness (QED) is 0.0916. The second-order valence-corrected chi connectivity index (χ2v) is 9.93. The number of β-lactam (4-membered cyclic amide) rings is 1. The topological polar surface area (TPSA) is 214 Å². The maximum Gasteiger partial charge on any atom is 0.352 e. The standard InChI is InChI=1S/C23H21N5O9S2/c1-36-27-15(12-9-39-23(24)25-12)18(31)26-16-19(32)28-17(21(33)34)11(8-38-20(16)28)3-2-6-37-22(35)10-4-5-13(29)14(30)7-10/h2-5,7,9,16,20,29-30H,6,8H2,1H3,(H2,24,25)(H,26,31)(H,33,34)/b3-2+,27-15-/t16-,20-/m1/s1. The van der Waals surface area contributed by atoms with Crippen LogP contribution in [-0.2, 0) is 24.0 Å². The molecule has 6 N–H and O–H groups in total. The number of nitrogens with two attached hydrogens (primary N) is 1. The van der Waals surface area contributed by atoms with Crippen molar-refractivity contribution in [1.82, 2.24) is 15.2 Å². The number of phenolic OH excluding ortho intramolecular Hbond substituents is 2. The van der Waals surface area contributed by atoms with E-state index in [9.17, 15) is 34.5 Å². The number of ether oxygens (including phenoxy) is 1. The minimum Gasteiger partial charge on any atom is -0.504 e. The smallest absolute Gasteiger partial charge is 0.352 e. The third-order valence-electron chi connectivity index (χ3n) is 5.49. The Kier molecular flexibility index (Phi) is 8.06. The molecule has 2 atom stereocenters. The minimum absolute atomic E-state index is 0.0106. The molecule has 14 nitrogen and oxygen atoms in total. The Labute approximate surface area is 228 Å². The van der Waals surface area contributed by atoms with E-state index >= 15 is 0 Å². The number of oxime groups is 1. The number of hydrogen-bond acceptors (Lipinski definition) is 13. The van der Waals surface area contributed by atoms with Crippen molar-refractivity contribution in [2.45, 2.75) is 11.4 Å². The highest BCUT2D eigenvalue weighted by atomic mass is 32.2. The van der Waals surface area contributed by atoms with E-state index in [4.69, 9.17) is 15.3 Å². The second-order valence-electron chi connectivity index (χ2n) is 7.94. The highest BCUT2D eigenvalue weighted by Gasteiger charge is 2.54. The number of rotatable bonds is 9. The van der Waals surface area contributed by atoms with Crippen LogP contribution >= 0.6 is 23.1 Å². The Morgan fingerprint density at radius 3 is 2.72 bits per heavy atom.